The quantitative estimate of drug-likeness (QED) is 0.643. The molecular weight excluding hydrogens is 232 g/mol. The zero-order valence-electron chi connectivity index (χ0n) is 9.80. The molecule has 1 aromatic carbocycles. The summed E-state index contributed by atoms with van der Waals surface area (Å²) in [6, 6.07) is 8.87. The average Bonchev–Trinajstić information content (AvgIpc) is 2.99. The normalized spacial score (nSPS) is 16.7. The highest BCUT2D eigenvalue weighted by Crippen LogP contribution is 2.49. The molecule has 0 spiro atoms. The predicted octanol–water partition coefficient (Wildman–Crippen LogP) is 2.23. The number of amides is 2. The third-order valence-electron chi connectivity index (χ3n) is 3.51. The molecular formula is C13H14N2O3. The lowest BCUT2D eigenvalue weighted by Gasteiger charge is -2.18. The highest BCUT2D eigenvalue weighted by atomic mass is 16.5. The van der Waals surface area contributed by atoms with Crippen molar-refractivity contribution < 1.29 is 14.4 Å². The highest BCUT2D eigenvalue weighted by Gasteiger charge is 2.49. The number of benzene rings is 1. The molecule has 0 radical (unpaired) electrons. The number of urea groups is 1. The fourth-order valence-corrected chi connectivity index (χ4v) is 2.24. The SMILES string of the molecule is NC(=O)N(O)CC1(c2cc3ccccc3o2)CC1. The van der Waals surface area contributed by atoms with Crippen LogP contribution in [0, 0.1) is 0 Å². The van der Waals surface area contributed by atoms with Crippen LogP contribution in [-0.2, 0) is 5.41 Å². The Morgan fingerprint density at radius 2 is 2.17 bits per heavy atom. The minimum absolute atomic E-state index is 0.183. The minimum atomic E-state index is -0.836. The summed E-state index contributed by atoms with van der Waals surface area (Å²) >= 11 is 0. The monoisotopic (exact) mass is 246 g/mol. The van der Waals surface area contributed by atoms with Gasteiger partial charge in [-0.15, -0.1) is 0 Å². The molecule has 0 bridgehead atoms. The maximum atomic E-state index is 10.9. The van der Waals surface area contributed by atoms with E-state index in [9.17, 15) is 10.0 Å². The van der Waals surface area contributed by atoms with Gasteiger partial charge in [0, 0.05) is 10.8 Å². The van der Waals surface area contributed by atoms with Crippen LogP contribution in [0.3, 0.4) is 0 Å². The van der Waals surface area contributed by atoms with Crippen molar-refractivity contribution >= 4 is 17.0 Å². The predicted molar refractivity (Wildman–Crippen MR) is 65.2 cm³/mol. The molecule has 0 atom stereocenters. The van der Waals surface area contributed by atoms with E-state index in [1.807, 2.05) is 30.3 Å². The number of primary amides is 1. The number of fused-ring (bicyclic) bond motifs is 1. The van der Waals surface area contributed by atoms with E-state index >= 15 is 0 Å². The van der Waals surface area contributed by atoms with E-state index in [2.05, 4.69) is 0 Å². The lowest BCUT2D eigenvalue weighted by atomic mass is 10.0. The maximum absolute atomic E-state index is 10.9. The Morgan fingerprint density at radius 1 is 1.44 bits per heavy atom. The van der Waals surface area contributed by atoms with Gasteiger partial charge in [-0.3, -0.25) is 5.21 Å². The fraction of sp³-hybridized carbons (Fsp3) is 0.308. The number of hydroxylamine groups is 2. The second-order valence-electron chi connectivity index (χ2n) is 4.82. The number of rotatable bonds is 3. The lowest BCUT2D eigenvalue weighted by Crippen LogP contribution is -2.38. The average molecular weight is 246 g/mol. The number of hydrogen-bond acceptors (Lipinski definition) is 3. The van der Waals surface area contributed by atoms with E-state index in [0.29, 0.717) is 5.06 Å². The third-order valence-corrected chi connectivity index (χ3v) is 3.51. The van der Waals surface area contributed by atoms with Crippen LogP contribution >= 0.6 is 0 Å². The first-order valence-electron chi connectivity index (χ1n) is 5.86. The van der Waals surface area contributed by atoms with Crippen molar-refractivity contribution in [2.75, 3.05) is 6.54 Å². The van der Waals surface area contributed by atoms with E-state index in [-0.39, 0.29) is 12.0 Å². The fourth-order valence-electron chi connectivity index (χ4n) is 2.24. The summed E-state index contributed by atoms with van der Waals surface area (Å²) in [6.07, 6.45) is 1.77. The molecule has 2 amide bonds. The molecule has 94 valence electrons. The Hall–Kier alpha value is -2.01. The summed E-state index contributed by atoms with van der Waals surface area (Å²) < 4.78 is 5.79. The van der Waals surface area contributed by atoms with Crippen LogP contribution in [0.4, 0.5) is 4.79 Å². The Bertz CT molecular complexity index is 568. The number of nitrogens with two attached hydrogens (primary N) is 1. The summed E-state index contributed by atoms with van der Waals surface area (Å²) in [6.45, 7) is 0.183. The van der Waals surface area contributed by atoms with Gasteiger partial charge in [-0.1, -0.05) is 18.2 Å². The first-order chi connectivity index (χ1) is 8.61. The largest absolute Gasteiger partial charge is 0.460 e. The number of carbonyl (C=O) groups excluding carboxylic acids is 1. The van der Waals surface area contributed by atoms with Crippen molar-refractivity contribution in [3.05, 3.63) is 36.1 Å². The molecule has 5 heteroatoms. The number of hydrogen-bond donors (Lipinski definition) is 2. The van der Waals surface area contributed by atoms with Crippen LogP contribution in [-0.4, -0.2) is 22.8 Å². The summed E-state index contributed by atoms with van der Waals surface area (Å²) in [5, 5.41) is 11.0. The zero-order chi connectivity index (χ0) is 12.8. The maximum Gasteiger partial charge on any atom is 0.338 e. The number of carbonyl (C=O) groups is 1. The van der Waals surface area contributed by atoms with Crippen LogP contribution in [0.1, 0.15) is 18.6 Å². The zero-order valence-corrected chi connectivity index (χ0v) is 9.80. The second kappa shape index (κ2) is 3.74. The highest BCUT2D eigenvalue weighted by molar-refractivity contribution is 5.78. The van der Waals surface area contributed by atoms with E-state index < -0.39 is 6.03 Å². The van der Waals surface area contributed by atoms with Gasteiger partial charge in [0.25, 0.3) is 0 Å². The number of furan rings is 1. The van der Waals surface area contributed by atoms with Gasteiger partial charge in [0.15, 0.2) is 0 Å². The minimum Gasteiger partial charge on any atom is -0.460 e. The topological polar surface area (TPSA) is 79.7 Å². The molecule has 5 nitrogen and oxygen atoms in total. The smallest absolute Gasteiger partial charge is 0.338 e. The van der Waals surface area contributed by atoms with Gasteiger partial charge < -0.3 is 10.2 Å². The van der Waals surface area contributed by atoms with E-state index in [1.165, 1.54) is 0 Å². The van der Waals surface area contributed by atoms with Gasteiger partial charge >= 0.3 is 6.03 Å². The standard InChI is InChI=1S/C13H14N2O3/c14-12(16)15(17)8-13(5-6-13)11-7-9-3-1-2-4-10(9)18-11/h1-4,7,17H,5-6,8H2,(H2,14,16). The van der Waals surface area contributed by atoms with E-state index in [1.54, 1.807) is 0 Å². The Balaban J connectivity index is 1.91. The number of nitrogens with zero attached hydrogens (tertiary/aromatic N) is 1. The molecule has 2 aromatic rings. The van der Waals surface area contributed by atoms with Crippen molar-refractivity contribution in [2.45, 2.75) is 18.3 Å². The Labute approximate surface area is 104 Å². The van der Waals surface area contributed by atoms with Crippen LogP contribution < -0.4 is 5.73 Å². The molecule has 18 heavy (non-hydrogen) atoms. The van der Waals surface area contributed by atoms with Crippen LogP contribution in [0.5, 0.6) is 0 Å². The van der Waals surface area contributed by atoms with Gasteiger partial charge in [0.1, 0.15) is 11.3 Å². The van der Waals surface area contributed by atoms with Crippen molar-refractivity contribution in [2.24, 2.45) is 5.73 Å². The van der Waals surface area contributed by atoms with Gasteiger partial charge in [-0.2, -0.15) is 0 Å². The van der Waals surface area contributed by atoms with E-state index in [4.69, 9.17) is 10.2 Å². The van der Waals surface area contributed by atoms with Crippen molar-refractivity contribution in [1.82, 2.24) is 5.06 Å². The summed E-state index contributed by atoms with van der Waals surface area (Å²) in [7, 11) is 0. The summed E-state index contributed by atoms with van der Waals surface area (Å²) in [4.78, 5) is 10.9. The lowest BCUT2D eigenvalue weighted by molar-refractivity contribution is -0.0476. The van der Waals surface area contributed by atoms with Gasteiger partial charge in [-0.05, 0) is 25.0 Å². The van der Waals surface area contributed by atoms with Crippen molar-refractivity contribution in [1.29, 1.82) is 0 Å². The Morgan fingerprint density at radius 3 is 2.78 bits per heavy atom. The molecule has 1 saturated carbocycles. The van der Waals surface area contributed by atoms with Crippen LogP contribution in [0.2, 0.25) is 0 Å². The van der Waals surface area contributed by atoms with Gasteiger partial charge in [0.05, 0.1) is 6.54 Å². The number of para-hydroxylation sites is 1. The molecule has 3 rings (SSSR count). The first kappa shape index (κ1) is 11.1. The Kier molecular flexibility index (Phi) is 2.31. The molecule has 3 N–H and O–H groups in total. The van der Waals surface area contributed by atoms with Crippen LogP contribution in [0.25, 0.3) is 11.0 Å². The molecule has 0 aliphatic heterocycles. The molecule has 1 aliphatic rings. The molecule has 1 heterocycles. The molecule has 1 aromatic heterocycles. The van der Waals surface area contributed by atoms with Crippen molar-refractivity contribution in [3.8, 4) is 0 Å². The van der Waals surface area contributed by atoms with Gasteiger partial charge in [0.2, 0.25) is 0 Å². The van der Waals surface area contributed by atoms with Crippen molar-refractivity contribution in [3.63, 3.8) is 0 Å². The molecule has 1 fully saturated rings. The van der Waals surface area contributed by atoms with Gasteiger partial charge in [-0.25, -0.2) is 9.86 Å². The molecule has 0 saturated heterocycles. The van der Waals surface area contributed by atoms with E-state index in [0.717, 1.165) is 29.6 Å². The second-order valence-corrected chi connectivity index (χ2v) is 4.82. The summed E-state index contributed by atoms with van der Waals surface area (Å²) in [5.41, 5.74) is 5.58. The molecule has 1 aliphatic carbocycles. The third kappa shape index (κ3) is 1.73. The van der Waals surface area contributed by atoms with Crippen LogP contribution in [0.15, 0.2) is 34.7 Å². The summed E-state index contributed by atoms with van der Waals surface area (Å²) in [5.74, 6) is 0.809. The first-order valence-corrected chi connectivity index (χ1v) is 5.86. The molecule has 0 unspecified atom stereocenters.